The van der Waals surface area contributed by atoms with Crippen LogP contribution >= 0.6 is 0 Å². The third-order valence-corrected chi connectivity index (χ3v) is 1.34. The van der Waals surface area contributed by atoms with E-state index in [0.717, 1.165) is 0 Å². The molecule has 0 aliphatic carbocycles. The molecule has 0 aromatic heterocycles. The Balaban J connectivity index is 0. The van der Waals surface area contributed by atoms with E-state index < -0.39 is 15.9 Å². The molecule has 0 unspecified atom stereocenters. The van der Waals surface area contributed by atoms with E-state index >= 15 is 0 Å². The molecule has 0 aliphatic rings. The standard InChI is InChI=1S/C3H8O4S.H3N/c4-2-1-3-8(5,6)7;/h4H,1-3H2,(H,5,6,7);1H3. The zero-order valence-corrected chi connectivity index (χ0v) is 6.02. The molecular weight excluding hydrogens is 146 g/mol. The van der Waals surface area contributed by atoms with Crippen LogP contribution in [-0.2, 0) is 10.1 Å². The first-order valence-electron chi connectivity index (χ1n) is 2.10. The van der Waals surface area contributed by atoms with Gasteiger partial charge in [-0.15, -0.1) is 0 Å². The number of aliphatic hydroxyl groups excluding tert-OH is 1. The van der Waals surface area contributed by atoms with Gasteiger partial charge in [-0.2, -0.15) is 0 Å². The van der Waals surface area contributed by atoms with Gasteiger partial charge in [0.25, 0.3) is 0 Å². The van der Waals surface area contributed by atoms with Crippen molar-refractivity contribution < 1.29 is 18.1 Å². The largest absolute Gasteiger partial charge is 0.748 e. The van der Waals surface area contributed by atoms with E-state index in [1.54, 1.807) is 0 Å². The van der Waals surface area contributed by atoms with Gasteiger partial charge in [-0.05, 0) is 6.42 Å². The number of quaternary nitrogens is 1. The van der Waals surface area contributed by atoms with Gasteiger partial charge in [0.15, 0.2) is 0 Å². The van der Waals surface area contributed by atoms with Gasteiger partial charge in [-0.1, -0.05) is 0 Å². The summed E-state index contributed by atoms with van der Waals surface area (Å²) in [5.41, 5.74) is 0. The minimum atomic E-state index is -4.10. The highest BCUT2D eigenvalue weighted by Gasteiger charge is 1.90. The first-order chi connectivity index (χ1) is 3.56. The van der Waals surface area contributed by atoms with Gasteiger partial charge in [0.2, 0.25) is 0 Å². The van der Waals surface area contributed by atoms with E-state index in [1.165, 1.54) is 0 Å². The minimum absolute atomic E-state index is 0. The Kier molecular flexibility index (Phi) is 6.04. The molecule has 5 N–H and O–H groups in total. The van der Waals surface area contributed by atoms with Crippen molar-refractivity contribution >= 4 is 10.1 Å². The second-order valence-corrected chi connectivity index (χ2v) is 2.86. The number of hydrogen-bond donors (Lipinski definition) is 2. The Morgan fingerprint density at radius 2 is 1.89 bits per heavy atom. The van der Waals surface area contributed by atoms with E-state index in [2.05, 4.69) is 0 Å². The Labute approximate surface area is 54.0 Å². The van der Waals surface area contributed by atoms with E-state index in [1.807, 2.05) is 0 Å². The highest BCUT2D eigenvalue weighted by atomic mass is 32.2. The van der Waals surface area contributed by atoms with Crippen molar-refractivity contribution in [1.29, 1.82) is 0 Å². The number of aliphatic hydroxyl groups is 1. The summed E-state index contributed by atoms with van der Waals surface area (Å²) in [7, 11) is -4.10. The van der Waals surface area contributed by atoms with Gasteiger partial charge in [-0.3, -0.25) is 0 Å². The van der Waals surface area contributed by atoms with Gasteiger partial charge >= 0.3 is 0 Å². The molecule has 0 amide bonds. The van der Waals surface area contributed by atoms with Crippen LogP contribution in [0.1, 0.15) is 6.42 Å². The van der Waals surface area contributed by atoms with E-state index in [4.69, 9.17) is 5.11 Å². The van der Waals surface area contributed by atoms with Crippen molar-refractivity contribution in [3.63, 3.8) is 0 Å². The molecule has 0 bridgehead atoms. The number of rotatable bonds is 3. The fourth-order valence-electron chi connectivity index (χ4n) is 0.241. The Bertz CT molecular complexity index is 140. The normalized spacial score (nSPS) is 10.4. The zero-order valence-electron chi connectivity index (χ0n) is 5.20. The van der Waals surface area contributed by atoms with Crippen LogP contribution in [0.2, 0.25) is 0 Å². The lowest BCUT2D eigenvalue weighted by atomic mass is 10.5. The summed E-state index contributed by atoms with van der Waals surface area (Å²) in [4.78, 5) is 0. The summed E-state index contributed by atoms with van der Waals surface area (Å²) < 4.78 is 29.2. The van der Waals surface area contributed by atoms with Crippen LogP contribution in [0.3, 0.4) is 0 Å². The SMILES string of the molecule is O=S(=O)([O-])CCCO.[NH4+]. The first-order valence-corrected chi connectivity index (χ1v) is 3.68. The van der Waals surface area contributed by atoms with Crippen LogP contribution in [-0.4, -0.2) is 30.4 Å². The monoisotopic (exact) mass is 157 g/mol. The summed E-state index contributed by atoms with van der Waals surface area (Å²) >= 11 is 0. The number of hydrogen-bond acceptors (Lipinski definition) is 4. The van der Waals surface area contributed by atoms with Crippen LogP contribution < -0.4 is 6.15 Å². The zero-order chi connectivity index (χ0) is 6.62. The Morgan fingerprint density at radius 1 is 1.44 bits per heavy atom. The van der Waals surface area contributed by atoms with Gasteiger partial charge in [-0.25, -0.2) is 8.42 Å². The molecule has 0 heterocycles. The predicted octanol–water partition coefficient (Wildman–Crippen LogP) is -0.710. The topological polar surface area (TPSA) is 114 Å². The Morgan fingerprint density at radius 3 is 2.00 bits per heavy atom. The highest BCUT2D eigenvalue weighted by Crippen LogP contribution is 1.84. The average Bonchev–Trinajstić information content (AvgIpc) is 1.59. The first kappa shape index (κ1) is 11.6. The maximum absolute atomic E-state index is 9.72. The van der Waals surface area contributed by atoms with Crippen molar-refractivity contribution in [2.24, 2.45) is 0 Å². The molecule has 0 atom stereocenters. The summed E-state index contributed by atoms with van der Waals surface area (Å²) in [5, 5.41) is 8.03. The molecule has 0 radical (unpaired) electrons. The van der Waals surface area contributed by atoms with E-state index in [-0.39, 0.29) is 19.2 Å². The second kappa shape index (κ2) is 4.68. The summed E-state index contributed by atoms with van der Waals surface area (Å²) in [6, 6.07) is 0. The molecule has 0 fully saturated rings. The maximum atomic E-state index is 9.72. The third kappa shape index (κ3) is 11.4. The fourth-order valence-corrected chi connectivity index (χ4v) is 0.724. The molecule has 0 saturated carbocycles. The lowest BCUT2D eigenvalue weighted by Gasteiger charge is -2.02. The van der Waals surface area contributed by atoms with E-state index in [9.17, 15) is 13.0 Å². The van der Waals surface area contributed by atoms with Crippen LogP contribution in [0.4, 0.5) is 0 Å². The van der Waals surface area contributed by atoms with Crippen LogP contribution in [0.15, 0.2) is 0 Å². The molecule has 0 rings (SSSR count). The van der Waals surface area contributed by atoms with E-state index in [0.29, 0.717) is 0 Å². The quantitative estimate of drug-likeness (QED) is 0.526. The molecular formula is C3H11NO4S. The average molecular weight is 157 g/mol. The molecule has 0 saturated heterocycles. The lowest BCUT2D eigenvalue weighted by molar-refractivity contribution is 0.293. The highest BCUT2D eigenvalue weighted by molar-refractivity contribution is 7.85. The van der Waals surface area contributed by atoms with Crippen LogP contribution in [0, 0.1) is 0 Å². The molecule has 9 heavy (non-hydrogen) atoms. The fraction of sp³-hybridized carbons (Fsp3) is 1.00. The van der Waals surface area contributed by atoms with Gasteiger partial charge in [0, 0.05) is 12.4 Å². The Hall–Kier alpha value is -0.170. The molecule has 5 nitrogen and oxygen atoms in total. The van der Waals surface area contributed by atoms with Crippen molar-refractivity contribution in [2.75, 3.05) is 12.4 Å². The van der Waals surface area contributed by atoms with Gasteiger partial charge in [0.05, 0.1) is 10.1 Å². The molecule has 0 aliphatic heterocycles. The summed E-state index contributed by atoms with van der Waals surface area (Å²) in [6.07, 6.45) is 0.0336. The summed E-state index contributed by atoms with van der Waals surface area (Å²) in [6.45, 7) is -0.249. The van der Waals surface area contributed by atoms with Crippen molar-refractivity contribution in [2.45, 2.75) is 6.42 Å². The second-order valence-electron chi connectivity index (χ2n) is 1.34. The molecule has 0 spiro atoms. The predicted molar refractivity (Wildman–Crippen MR) is 32.3 cm³/mol. The molecule has 0 aromatic rings. The third-order valence-electron chi connectivity index (χ3n) is 0.552. The van der Waals surface area contributed by atoms with Crippen LogP contribution in [0.5, 0.6) is 0 Å². The summed E-state index contributed by atoms with van der Waals surface area (Å²) in [5.74, 6) is -0.469. The van der Waals surface area contributed by atoms with Crippen molar-refractivity contribution in [1.82, 2.24) is 6.15 Å². The van der Waals surface area contributed by atoms with Crippen molar-refractivity contribution in [3.05, 3.63) is 0 Å². The minimum Gasteiger partial charge on any atom is -0.748 e. The maximum Gasteiger partial charge on any atom is 0.0946 e. The van der Waals surface area contributed by atoms with Gasteiger partial charge < -0.3 is 15.8 Å². The van der Waals surface area contributed by atoms with Crippen LogP contribution in [0.25, 0.3) is 0 Å². The van der Waals surface area contributed by atoms with Crippen molar-refractivity contribution in [3.8, 4) is 0 Å². The van der Waals surface area contributed by atoms with Gasteiger partial charge in [0.1, 0.15) is 0 Å². The molecule has 58 valence electrons. The molecule has 6 heteroatoms. The lowest BCUT2D eigenvalue weighted by Crippen LogP contribution is -2.05. The molecule has 0 aromatic carbocycles. The smallest absolute Gasteiger partial charge is 0.0946 e.